The van der Waals surface area contributed by atoms with Gasteiger partial charge in [0, 0.05) is 17.7 Å². The lowest BCUT2D eigenvalue weighted by molar-refractivity contribution is -0.384. The summed E-state index contributed by atoms with van der Waals surface area (Å²) < 4.78 is 6.65. The lowest BCUT2D eigenvalue weighted by atomic mass is 10.1. The van der Waals surface area contributed by atoms with Crippen LogP contribution in [0.25, 0.3) is 11.4 Å². The summed E-state index contributed by atoms with van der Waals surface area (Å²) in [6, 6.07) is 13.3. The van der Waals surface area contributed by atoms with Crippen molar-refractivity contribution in [3.8, 4) is 17.1 Å². The van der Waals surface area contributed by atoms with Crippen molar-refractivity contribution in [3.63, 3.8) is 0 Å². The molecule has 0 saturated heterocycles. The van der Waals surface area contributed by atoms with E-state index in [9.17, 15) is 15.2 Å². The Kier molecular flexibility index (Phi) is 4.71. The molecule has 0 saturated carbocycles. The number of nitro groups is 1. The van der Waals surface area contributed by atoms with Gasteiger partial charge in [-0.2, -0.15) is 5.10 Å². The van der Waals surface area contributed by atoms with Crippen molar-refractivity contribution >= 4 is 5.69 Å². The lowest BCUT2D eigenvalue weighted by Gasteiger charge is -2.11. The van der Waals surface area contributed by atoms with E-state index < -0.39 is 11.0 Å². The summed E-state index contributed by atoms with van der Waals surface area (Å²) in [5.74, 6) is 1.02. The minimum Gasteiger partial charge on any atom is -0.497 e. The molecule has 3 aromatic rings. The van der Waals surface area contributed by atoms with Crippen LogP contribution in [-0.4, -0.2) is 31.9 Å². The molecule has 0 radical (unpaired) electrons. The molecule has 1 atom stereocenters. The summed E-state index contributed by atoms with van der Waals surface area (Å²) in [5, 5.41) is 25.5. The molecule has 0 fully saturated rings. The second-order valence-electron chi connectivity index (χ2n) is 5.39. The molecule has 1 heterocycles. The van der Waals surface area contributed by atoms with Crippen LogP contribution in [0.4, 0.5) is 5.69 Å². The predicted molar refractivity (Wildman–Crippen MR) is 90.1 cm³/mol. The highest BCUT2D eigenvalue weighted by atomic mass is 16.6. The highest BCUT2D eigenvalue weighted by Crippen LogP contribution is 2.22. The van der Waals surface area contributed by atoms with Gasteiger partial charge < -0.3 is 9.84 Å². The number of nitro benzene ring substituents is 1. The van der Waals surface area contributed by atoms with E-state index >= 15 is 0 Å². The molecule has 1 N–H and O–H groups in total. The monoisotopic (exact) mass is 340 g/mol. The molecule has 0 aliphatic carbocycles. The highest BCUT2D eigenvalue weighted by Gasteiger charge is 2.13. The summed E-state index contributed by atoms with van der Waals surface area (Å²) in [5.41, 5.74) is 1.22. The van der Waals surface area contributed by atoms with E-state index in [1.54, 1.807) is 43.5 Å². The van der Waals surface area contributed by atoms with Gasteiger partial charge in [0.05, 0.1) is 24.7 Å². The number of hydrogen-bond acceptors (Lipinski definition) is 6. The number of nitrogens with zero attached hydrogens (tertiary/aromatic N) is 4. The van der Waals surface area contributed by atoms with Crippen LogP contribution in [-0.2, 0) is 6.54 Å². The molecule has 0 amide bonds. The maximum Gasteiger partial charge on any atom is 0.270 e. The van der Waals surface area contributed by atoms with E-state index in [0.717, 1.165) is 0 Å². The first-order chi connectivity index (χ1) is 12.1. The van der Waals surface area contributed by atoms with Crippen LogP contribution in [0.15, 0.2) is 54.9 Å². The molecule has 1 aromatic heterocycles. The first-order valence-electron chi connectivity index (χ1n) is 7.53. The molecule has 8 nitrogen and oxygen atoms in total. The Morgan fingerprint density at radius 1 is 1.28 bits per heavy atom. The van der Waals surface area contributed by atoms with Crippen molar-refractivity contribution in [2.75, 3.05) is 7.11 Å². The average molecular weight is 340 g/mol. The zero-order valence-electron chi connectivity index (χ0n) is 13.4. The maximum atomic E-state index is 10.9. The molecule has 0 bridgehead atoms. The summed E-state index contributed by atoms with van der Waals surface area (Å²) in [4.78, 5) is 14.6. The molecule has 3 rings (SSSR count). The average Bonchev–Trinajstić information content (AvgIpc) is 3.10. The van der Waals surface area contributed by atoms with Gasteiger partial charge in [-0.1, -0.05) is 24.3 Å². The van der Waals surface area contributed by atoms with Gasteiger partial charge in [0.2, 0.25) is 0 Å². The second kappa shape index (κ2) is 7.10. The Bertz CT molecular complexity index is 894. The van der Waals surface area contributed by atoms with Gasteiger partial charge in [-0.15, -0.1) is 0 Å². The standard InChI is InChI=1S/C17H16N4O4/c1-25-15-7-3-4-12(9-15)16(22)10-20-11-18-17(19-20)13-5-2-6-14(8-13)21(23)24/h2-9,11,16,22H,10H2,1H3. The molecular weight excluding hydrogens is 324 g/mol. The van der Waals surface area contributed by atoms with E-state index in [-0.39, 0.29) is 12.2 Å². The first-order valence-corrected chi connectivity index (χ1v) is 7.53. The number of non-ortho nitro benzene ring substituents is 1. The van der Waals surface area contributed by atoms with Crippen molar-refractivity contribution in [2.45, 2.75) is 12.6 Å². The quantitative estimate of drug-likeness (QED) is 0.546. The number of rotatable bonds is 6. The zero-order valence-corrected chi connectivity index (χ0v) is 13.4. The molecule has 2 aromatic carbocycles. The van der Waals surface area contributed by atoms with Crippen LogP contribution in [0.2, 0.25) is 0 Å². The number of methoxy groups -OCH3 is 1. The summed E-state index contributed by atoms with van der Waals surface area (Å²) in [6.07, 6.45) is 0.701. The van der Waals surface area contributed by atoms with Crippen molar-refractivity contribution in [1.29, 1.82) is 0 Å². The third-order valence-electron chi connectivity index (χ3n) is 3.69. The Morgan fingerprint density at radius 2 is 2.08 bits per heavy atom. The van der Waals surface area contributed by atoms with E-state index in [4.69, 9.17) is 4.74 Å². The Labute approximate surface area is 143 Å². The maximum absolute atomic E-state index is 10.9. The Hall–Kier alpha value is -3.26. The van der Waals surface area contributed by atoms with Gasteiger partial charge in [-0.3, -0.25) is 10.1 Å². The summed E-state index contributed by atoms with van der Waals surface area (Å²) in [7, 11) is 1.56. The molecular formula is C17H16N4O4. The molecule has 0 aliphatic heterocycles. The fraction of sp³-hybridized carbons (Fsp3) is 0.176. The Morgan fingerprint density at radius 3 is 2.84 bits per heavy atom. The summed E-state index contributed by atoms with van der Waals surface area (Å²) >= 11 is 0. The minimum atomic E-state index is -0.783. The number of aliphatic hydroxyl groups excluding tert-OH is 1. The molecule has 25 heavy (non-hydrogen) atoms. The van der Waals surface area contributed by atoms with Crippen molar-refractivity contribution in [2.24, 2.45) is 0 Å². The van der Waals surface area contributed by atoms with Crippen LogP contribution in [0.1, 0.15) is 11.7 Å². The van der Waals surface area contributed by atoms with E-state index in [1.165, 1.54) is 23.1 Å². The van der Waals surface area contributed by atoms with Gasteiger partial charge in [-0.05, 0) is 17.7 Å². The topological polar surface area (TPSA) is 103 Å². The van der Waals surface area contributed by atoms with E-state index in [1.807, 2.05) is 0 Å². The van der Waals surface area contributed by atoms with Crippen molar-refractivity contribution in [3.05, 3.63) is 70.5 Å². The van der Waals surface area contributed by atoms with Gasteiger partial charge in [0.15, 0.2) is 5.82 Å². The van der Waals surface area contributed by atoms with Crippen molar-refractivity contribution in [1.82, 2.24) is 14.8 Å². The van der Waals surface area contributed by atoms with Gasteiger partial charge in [-0.25, -0.2) is 9.67 Å². The number of hydrogen-bond donors (Lipinski definition) is 1. The lowest BCUT2D eigenvalue weighted by Crippen LogP contribution is -2.09. The van der Waals surface area contributed by atoms with Crippen LogP contribution in [0.3, 0.4) is 0 Å². The SMILES string of the molecule is COc1cccc(C(O)Cn2cnc(-c3cccc([N+](=O)[O-])c3)n2)c1. The van der Waals surface area contributed by atoms with E-state index in [0.29, 0.717) is 22.7 Å². The van der Waals surface area contributed by atoms with E-state index in [2.05, 4.69) is 10.1 Å². The predicted octanol–water partition coefficient (Wildman–Crippen LogP) is 2.60. The normalized spacial score (nSPS) is 11.9. The fourth-order valence-electron chi connectivity index (χ4n) is 2.40. The Balaban J connectivity index is 1.77. The molecule has 1 unspecified atom stereocenters. The third kappa shape index (κ3) is 3.81. The molecule has 128 valence electrons. The first kappa shape index (κ1) is 16.6. The minimum absolute atomic E-state index is 0.0229. The number of aromatic nitrogens is 3. The van der Waals surface area contributed by atoms with Crippen LogP contribution in [0.5, 0.6) is 5.75 Å². The van der Waals surface area contributed by atoms with Gasteiger partial charge in [0.25, 0.3) is 5.69 Å². The molecule has 0 spiro atoms. The van der Waals surface area contributed by atoms with Gasteiger partial charge in [0.1, 0.15) is 12.1 Å². The molecule has 8 heteroatoms. The number of benzene rings is 2. The largest absolute Gasteiger partial charge is 0.497 e. The smallest absolute Gasteiger partial charge is 0.270 e. The van der Waals surface area contributed by atoms with Crippen molar-refractivity contribution < 1.29 is 14.8 Å². The zero-order chi connectivity index (χ0) is 17.8. The third-order valence-corrected chi connectivity index (χ3v) is 3.69. The van der Waals surface area contributed by atoms with Crippen LogP contribution >= 0.6 is 0 Å². The number of aliphatic hydroxyl groups is 1. The second-order valence-corrected chi connectivity index (χ2v) is 5.39. The number of ether oxygens (including phenoxy) is 1. The summed E-state index contributed by atoms with van der Waals surface area (Å²) in [6.45, 7) is 0.203. The highest BCUT2D eigenvalue weighted by molar-refractivity contribution is 5.58. The van der Waals surface area contributed by atoms with Crippen LogP contribution < -0.4 is 4.74 Å². The van der Waals surface area contributed by atoms with Crippen LogP contribution in [0, 0.1) is 10.1 Å². The molecule has 0 aliphatic rings. The van der Waals surface area contributed by atoms with Gasteiger partial charge >= 0.3 is 0 Å². The fourth-order valence-corrected chi connectivity index (χ4v) is 2.40.